The van der Waals surface area contributed by atoms with Gasteiger partial charge in [0.1, 0.15) is 5.70 Å². The Bertz CT molecular complexity index is 516. The van der Waals surface area contributed by atoms with Gasteiger partial charge >= 0.3 is 0 Å². The van der Waals surface area contributed by atoms with Crippen LogP contribution in [0.1, 0.15) is 37.7 Å². The fourth-order valence-corrected chi connectivity index (χ4v) is 3.70. The Kier molecular flexibility index (Phi) is 3.66. The Hall–Kier alpha value is -1.20. The number of carbonyl (C=O) groups excluding carboxylic acids is 1. The molecular weight excluding hydrogens is 276 g/mol. The van der Waals surface area contributed by atoms with Gasteiger partial charge in [-0.1, -0.05) is 19.3 Å². The summed E-state index contributed by atoms with van der Waals surface area (Å²) in [4.78, 5) is 14.2. The molecule has 1 aliphatic carbocycles. The van der Waals surface area contributed by atoms with Gasteiger partial charge < -0.3 is 5.32 Å². The van der Waals surface area contributed by atoms with Crippen LogP contribution in [0.2, 0.25) is 0 Å². The third-order valence-corrected chi connectivity index (χ3v) is 4.70. The lowest BCUT2D eigenvalue weighted by atomic mass is 9.94. The summed E-state index contributed by atoms with van der Waals surface area (Å²) in [5, 5.41) is 7.66. The number of rotatable bonds is 2. The summed E-state index contributed by atoms with van der Waals surface area (Å²) < 4.78 is 0. The smallest absolute Gasteiger partial charge is 0.276 e. The zero-order valence-corrected chi connectivity index (χ0v) is 12.2. The lowest BCUT2D eigenvalue weighted by molar-refractivity contribution is -0.124. The van der Waals surface area contributed by atoms with Crippen LogP contribution >= 0.6 is 23.6 Å². The van der Waals surface area contributed by atoms with E-state index in [0.29, 0.717) is 10.8 Å². The van der Waals surface area contributed by atoms with E-state index in [4.69, 9.17) is 12.2 Å². The standard InChI is InChI=1S/C14H16N2OS2/c17-13-12(8-10-6-7-19-9-10)15-14(18)16(13)11-4-2-1-3-5-11/h6-9,11H,1-5H2,(H,15,18). The Morgan fingerprint density at radius 1 is 1.37 bits per heavy atom. The van der Waals surface area contributed by atoms with Gasteiger partial charge in [0.25, 0.3) is 5.91 Å². The van der Waals surface area contributed by atoms with Crippen LogP contribution in [0.25, 0.3) is 6.08 Å². The number of thiophene rings is 1. The van der Waals surface area contributed by atoms with Crippen molar-refractivity contribution in [1.82, 2.24) is 10.2 Å². The van der Waals surface area contributed by atoms with Crippen molar-refractivity contribution in [3.8, 4) is 0 Å². The third-order valence-electron chi connectivity index (χ3n) is 3.70. The number of carbonyl (C=O) groups is 1. The summed E-state index contributed by atoms with van der Waals surface area (Å²) >= 11 is 6.95. The van der Waals surface area contributed by atoms with Crippen molar-refractivity contribution < 1.29 is 4.79 Å². The van der Waals surface area contributed by atoms with Crippen molar-refractivity contribution >= 4 is 40.7 Å². The van der Waals surface area contributed by atoms with Crippen LogP contribution in [0.3, 0.4) is 0 Å². The van der Waals surface area contributed by atoms with Crippen molar-refractivity contribution in [3.63, 3.8) is 0 Å². The highest BCUT2D eigenvalue weighted by Crippen LogP contribution is 2.27. The van der Waals surface area contributed by atoms with Crippen LogP contribution in [-0.4, -0.2) is 22.0 Å². The van der Waals surface area contributed by atoms with E-state index >= 15 is 0 Å². The molecule has 0 aromatic carbocycles. The van der Waals surface area contributed by atoms with E-state index in [0.717, 1.165) is 18.4 Å². The average Bonchev–Trinajstić information content (AvgIpc) is 3.01. The molecule has 5 heteroatoms. The molecule has 2 fully saturated rings. The minimum atomic E-state index is 0.0306. The molecule has 1 N–H and O–H groups in total. The second kappa shape index (κ2) is 5.43. The number of nitrogens with one attached hydrogen (secondary N) is 1. The zero-order chi connectivity index (χ0) is 13.2. The van der Waals surface area contributed by atoms with Gasteiger partial charge in [0, 0.05) is 6.04 Å². The number of hydrogen-bond donors (Lipinski definition) is 1. The lowest BCUT2D eigenvalue weighted by Gasteiger charge is -2.29. The average molecular weight is 292 g/mol. The van der Waals surface area contributed by atoms with Gasteiger partial charge in [-0.05, 0) is 53.5 Å². The lowest BCUT2D eigenvalue weighted by Crippen LogP contribution is -2.41. The van der Waals surface area contributed by atoms with E-state index < -0.39 is 0 Å². The summed E-state index contributed by atoms with van der Waals surface area (Å²) in [7, 11) is 0. The Labute approximate surface area is 122 Å². The highest BCUT2D eigenvalue weighted by Gasteiger charge is 2.36. The van der Waals surface area contributed by atoms with Crippen LogP contribution < -0.4 is 5.32 Å². The number of thiocarbonyl (C=S) groups is 1. The van der Waals surface area contributed by atoms with Gasteiger partial charge in [0.05, 0.1) is 0 Å². The predicted octanol–water partition coefficient (Wildman–Crippen LogP) is 3.14. The molecule has 0 radical (unpaired) electrons. The maximum Gasteiger partial charge on any atom is 0.276 e. The summed E-state index contributed by atoms with van der Waals surface area (Å²) in [6.45, 7) is 0. The van der Waals surface area contributed by atoms with Crippen molar-refractivity contribution in [2.45, 2.75) is 38.1 Å². The van der Waals surface area contributed by atoms with Crippen LogP contribution in [0.15, 0.2) is 22.5 Å². The summed E-state index contributed by atoms with van der Waals surface area (Å²) in [6, 6.07) is 2.29. The molecule has 0 atom stereocenters. The molecule has 0 unspecified atom stereocenters. The quantitative estimate of drug-likeness (QED) is 0.671. The Morgan fingerprint density at radius 3 is 2.84 bits per heavy atom. The molecule has 2 heterocycles. The first-order valence-electron chi connectivity index (χ1n) is 6.64. The van der Waals surface area contributed by atoms with E-state index in [1.807, 2.05) is 22.9 Å². The van der Waals surface area contributed by atoms with Gasteiger partial charge in [-0.15, -0.1) is 0 Å². The van der Waals surface area contributed by atoms with Crippen LogP contribution in [0.4, 0.5) is 0 Å². The van der Waals surface area contributed by atoms with Crippen LogP contribution in [0, 0.1) is 0 Å². The normalized spacial score (nSPS) is 23.2. The second-order valence-corrected chi connectivity index (χ2v) is 6.18. The third kappa shape index (κ3) is 2.58. The fourth-order valence-electron chi connectivity index (χ4n) is 2.74. The first kappa shape index (κ1) is 12.8. The molecule has 1 saturated carbocycles. The molecule has 1 amide bonds. The highest BCUT2D eigenvalue weighted by atomic mass is 32.1. The minimum Gasteiger partial charge on any atom is -0.328 e. The van der Waals surface area contributed by atoms with Crippen molar-refractivity contribution in [2.24, 2.45) is 0 Å². The Balaban J connectivity index is 1.80. The maximum absolute atomic E-state index is 12.5. The van der Waals surface area contributed by atoms with E-state index in [1.165, 1.54) is 19.3 Å². The molecule has 1 aliphatic heterocycles. The fraction of sp³-hybridized carbons (Fsp3) is 0.429. The van der Waals surface area contributed by atoms with E-state index in [9.17, 15) is 4.79 Å². The second-order valence-electron chi connectivity index (χ2n) is 5.01. The molecule has 19 heavy (non-hydrogen) atoms. The molecule has 2 aliphatic rings. The molecule has 1 aromatic heterocycles. The summed E-state index contributed by atoms with van der Waals surface area (Å²) in [5.74, 6) is 0.0306. The molecule has 1 aromatic rings. The van der Waals surface area contributed by atoms with Gasteiger partial charge in [-0.2, -0.15) is 11.3 Å². The van der Waals surface area contributed by atoms with Gasteiger partial charge in [-0.3, -0.25) is 9.69 Å². The zero-order valence-electron chi connectivity index (χ0n) is 10.6. The largest absolute Gasteiger partial charge is 0.328 e. The summed E-state index contributed by atoms with van der Waals surface area (Å²) in [6.07, 6.45) is 7.68. The number of amides is 1. The van der Waals surface area contributed by atoms with E-state index in [1.54, 1.807) is 16.2 Å². The molecule has 100 valence electrons. The van der Waals surface area contributed by atoms with Crippen molar-refractivity contribution in [3.05, 3.63) is 28.1 Å². The monoisotopic (exact) mass is 292 g/mol. The van der Waals surface area contributed by atoms with Crippen LogP contribution in [0.5, 0.6) is 0 Å². The van der Waals surface area contributed by atoms with Gasteiger partial charge in [-0.25, -0.2) is 0 Å². The highest BCUT2D eigenvalue weighted by molar-refractivity contribution is 7.80. The maximum atomic E-state index is 12.5. The van der Waals surface area contributed by atoms with Gasteiger partial charge in [0.15, 0.2) is 5.11 Å². The summed E-state index contributed by atoms with van der Waals surface area (Å²) in [5.41, 5.74) is 1.66. The number of hydrogen-bond acceptors (Lipinski definition) is 3. The molecule has 0 bridgehead atoms. The number of nitrogens with zero attached hydrogens (tertiary/aromatic N) is 1. The van der Waals surface area contributed by atoms with Gasteiger partial charge in [0.2, 0.25) is 0 Å². The van der Waals surface area contributed by atoms with E-state index in [-0.39, 0.29) is 11.9 Å². The first-order chi connectivity index (χ1) is 9.25. The topological polar surface area (TPSA) is 32.3 Å². The van der Waals surface area contributed by atoms with E-state index in [2.05, 4.69) is 5.32 Å². The molecule has 3 nitrogen and oxygen atoms in total. The first-order valence-corrected chi connectivity index (χ1v) is 7.99. The molecule has 3 rings (SSSR count). The predicted molar refractivity (Wildman–Crippen MR) is 81.7 cm³/mol. The van der Waals surface area contributed by atoms with Crippen molar-refractivity contribution in [1.29, 1.82) is 0 Å². The Morgan fingerprint density at radius 2 is 2.16 bits per heavy atom. The molecule has 0 spiro atoms. The molecular formula is C14H16N2OS2. The van der Waals surface area contributed by atoms with Crippen LogP contribution in [-0.2, 0) is 4.79 Å². The SMILES string of the molecule is O=C1C(=Cc2ccsc2)NC(=S)N1C1CCCCC1. The molecule has 1 saturated heterocycles. The van der Waals surface area contributed by atoms with Crippen molar-refractivity contribution in [2.75, 3.05) is 0 Å². The minimum absolute atomic E-state index is 0.0306.